The number of benzene rings is 1. The smallest absolute Gasteiger partial charge is 0.341 e. The van der Waals surface area contributed by atoms with Crippen molar-refractivity contribution in [1.29, 1.82) is 0 Å². The quantitative estimate of drug-likeness (QED) is 0.721. The van der Waals surface area contributed by atoms with Crippen LogP contribution in [0.25, 0.3) is 10.9 Å². The van der Waals surface area contributed by atoms with E-state index in [-0.39, 0.29) is 22.1 Å². The van der Waals surface area contributed by atoms with Crippen LogP contribution < -0.4 is 15.6 Å². The van der Waals surface area contributed by atoms with Crippen molar-refractivity contribution in [2.75, 3.05) is 25.0 Å². The third-order valence-corrected chi connectivity index (χ3v) is 6.48. The van der Waals surface area contributed by atoms with Crippen molar-refractivity contribution in [3.8, 4) is 0 Å². The number of carbonyl (C=O) groups is 1. The number of aromatic nitrogens is 1. The molecule has 1 aliphatic heterocycles. The molecule has 6 nitrogen and oxygen atoms in total. The van der Waals surface area contributed by atoms with Crippen LogP contribution in [0.5, 0.6) is 0 Å². The fourth-order valence-corrected chi connectivity index (χ4v) is 5.05. The molecule has 0 fully saturated rings. The molecular weight excluding hydrogens is 409 g/mol. The zero-order valence-corrected chi connectivity index (χ0v) is 18.2. The Morgan fingerprint density at radius 3 is 2.63 bits per heavy atom. The summed E-state index contributed by atoms with van der Waals surface area (Å²) in [5.74, 6) is -1.96. The van der Waals surface area contributed by atoms with Gasteiger partial charge in [0.2, 0.25) is 5.43 Å². The van der Waals surface area contributed by atoms with E-state index in [0.717, 1.165) is 18.9 Å². The summed E-state index contributed by atoms with van der Waals surface area (Å²) in [5.41, 5.74) is 1.49. The second kappa shape index (κ2) is 7.10. The van der Waals surface area contributed by atoms with Crippen LogP contribution in [-0.4, -0.2) is 41.8 Å². The molecule has 1 atom stereocenters. The van der Waals surface area contributed by atoms with Crippen molar-refractivity contribution in [3.05, 3.63) is 50.0 Å². The van der Waals surface area contributed by atoms with E-state index in [4.69, 9.17) is 11.6 Å². The molecule has 1 unspecified atom stereocenters. The lowest BCUT2D eigenvalue weighted by molar-refractivity contribution is 0.0694. The molecule has 2 N–H and O–H groups in total. The number of rotatable bonds is 3. The van der Waals surface area contributed by atoms with Gasteiger partial charge >= 0.3 is 5.97 Å². The van der Waals surface area contributed by atoms with Gasteiger partial charge in [-0.15, -0.1) is 0 Å². The average Bonchev–Trinajstić information content (AvgIpc) is 3.21. The Balaban J connectivity index is 1.93. The molecule has 0 spiro atoms. The summed E-state index contributed by atoms with van der Waals surface area (Å²) in [6.07, 6.45) is 3.32. The molecule has 1 aromatic carbocycles. The Bertz CT molecular complexity index is 1160. The van der Waals surface area contributed by atoms with Crippen LogP contribution in [-0.2, 0) is 5.54 Å². The number of nitrogens with one attached hydrogen (secondary N) is 1. The molecule has 0 amide bonds. The lowest BCUT2D eigenvalue weighted by Crippen LogP contribution is -2.31. The molecule has 0 saturated carbocycles. The number of hydrogen-bond donors (Lipinski definition) is 2. The third-order valence-electron chi connectivity index (χ3n) is 6.13. The lowest BCUT2D eigenvalue weighted by atomic mass is 10.0. The largest absolute Gasteiger partial charge is 0.477 e. The van der Waals surface area contributed by atoms with Gasteiger partial charge in [0, 0.05) is 30.9 Å². The number of hydrogen-bond acceptors (Lipinski definition) is 4. The number of carboxylic acids is 1. The molecule has 160 valence electrons. The summed E-state index contributed by atoms with van der Waals surface area (Å²) in [6.45, 7) is 6.82. The van der Waals surface area contributed by atoms with E-state index >= 15 is 4.39 Å². The van der Waals surface area contributed by atoms with Crippen molar-refractivity contribution in [2.24, 2.45) is 0 Å². The van der Waals surface area contributed by atoms with Gasteiger partial charge < -0.3 is 19.9 Å². The van der Waals surface area contributed by atoms with Gasteiger partial charge in [-0.2, -0.15) is 0 Å². The highest BCUT2D eigenvalue weighted by Gasteiger charge is 2.35. The number of nitrogens with zero attached hydrogens (tertiary/aromatic N) is 2. The first-order valence-corrected chi connectivity index (χ1v) is 10.4. The Hall–Kier alpha value is -2.38. The molecule has 2 aliphatic rings. The van der Waals surface area contributed by atoms with Crippen LogP contribution >= 0.6 is 11.6 Å². The minimum atomic E-state index is -1.35. The number of likely N-dealkylation sites (N-methyl/N-ethyl adjacent to an activating group) is 1. The summed E-state index contributed by atoms with van der Waals surface area (Å²) in [4.78, 5) is 26.3. The van der Waals surface area contributed by atoms with Crippen molar-refractivity contribution in [3.63, 3.8) is 0 Å². The van der Waals surface area contributed by atoms with Crippen LogP contribution in [0, 0.1) is 5.82 Å². The van der Waals surface area contributed by atoms with Crippen molar-refractivity contribution < 1.29 is 14.3 Å². The maximum absolute atomic E-state index is 15.3. The van der Waals surface area contributed by atoms with E-state index in [1.54, 1.807) is 4.57 Å². The molecule has 0 radical (unpaired) electrons. The summed E-state index contributed by atoms with van der Waals surface area (Å²) >= 11 is 6.75. The molecule has 0 saturated heterocycles. The molecule has 2 heterocycles. The molecule has 1 aliphatic carbocycles. The maximum Gasteiger partial charge on any atom is 0.341 e. The van der Waals surface area contributed by atoms with Crippen molar-refractivity contribution >= 4 is 34.2 Å². The highest BCUT2D eigenvalue weighted by molar-refractivity contribution is 6.38. The monoisotopic (exact) mass is 433 g/mol. The van der Waals surface area contributed by atoms with E-state index in [1.165, 1.54) is 17.3 Å². The molecule has 1 aromatic heterocycles. The minimum Gasteiger partial charge on any atom is -0.477 e. The number of fused-ring (bicyclic) bond motifs is 1. The Morgan fingerprint density at radius 1 is 1.33 bits per heavy atom. The van der Waals surface area contributed by atoms with E-state index in [1.807, 2.05) is 32.7 Å². The van der Waals surface area contributed by atoms with E-state index in [2.05, 4.69) is 5.32 Å². The van der Waals surface area contributed by atoms with Gasteiger partial charge in [0.25, 0.3) is 0 Å². The molecular formula is C22H25ClFN3O3. The van der Waals surface area contributed by atoms with Gasteiger partial charge in [0.05, 0.1) is 21.6 Å². The van der Waals surface area contributed by atoms with E-state index in [0.29, 0.717) is 18.6 Å². The van der Waals surface area contributed by atoms with Crippen LogP contribution in [0.2, 0.25) is 5.02 Å². The second-order valence-electron chi connectivity index (χ2n) is 9.00. The minimum absolute atomic E-state index is 0.0242. The Morgan fingerprint density at radius 2 is 2.03 bits per heavy atom. The normalized spacial score (nSPS) is 19.1. The summed E-state index contributed by atoms with van der Waals surface area (Å²) in [7, 11) is 1.93. The van der Waals surface area contributed by atoms with Gasteiger partial charge in [-0.1, -0.05) is 11.6 Å². The van der Waals surface area contributed by atoms with E-state index in [9.17, 15) is 14.7 Å². The topological polar surface area (TPSA) is 74.6 Å². The molecule has 0 bridgehead atoms. The molecule has 8 heteroatoms. The predicted molar refractivity (Wildman–Crippen MR) is 116 cm³/mol. The second-order valence-corrected chi connectivity index (χ2v) is 9.38. The molecule has 2 aromatic rings. The van der Waals surface area contributed by atoms with Crippen LogP contribution in [0.15, 0.2) is 28.2 Å². The Labute approximate surface area is 178 Å². The summed E-state index contributed by atoms with van der Waals surface area (Å²) in [5, 5.41) is 12.9. The molecule has 4 rings (SSSR count). The number of halogens is 2. The average molecular weight is 434 g/mol. The predicted octanol–water partition coefficient (Wildman–Crippen LogP) is 3.75. The van der Waals surface area contributed by atoms with Gasteiger partial charge in [-0.25, -0.2) is 9.18 Å². The first kappa shape index (κ1) is 20.9. The van der Waals surface area contributed by atoms with Gasteiger partial charge in [0.1, 0.15) is 11.4 Å². The van der Waals surface area contributed by atoms with Crippen LogP contribution in [0.1, 0.15) is 44.0 Å². The zero-order chi connectivity index (χ0) is 22.0. The standard InChI is InChI=1S/C22H25ClFN3O3/c1-22(2,3)27-10-14(21(29)30)20(28)12-7-15(24)19(17(23)18(12)27)26-8-11-5-6-16(25-4)13(11)9-26/h7,10,16,25H,5-6,8-9H2,1-4H3,(H,29,30). The summed E-state index contributed by atoms with van der Waals surface area (Å²) in [6, 6.07) is 1.42. The number of carboxylic acid groups (broad SMARTS) is 1. The van der Waals surface area contributed by atoms with Gasteiger partial charge in [0.15, 0.2) is 0 Å². The highest BCUT2D eigenvalue weighted by atomic mass is 35.5. The first-order chi connectivity index (χ1) is 14.0. The van der Waals surface area contributed by atoms with Gasteiger partial charge in [-0.05, 0) is 57.9 Å². The van der Waals surface area contributed by atoms with Crippen molar-refractivity contribution in [2.45, 2.75) is 45.2 Å². The number of anilines is 1. The van der Waals surface area contributed by atoms with Gasteiger partial charge in [-0.3, -0.25) is 4.79 Å². The fraction of sp³-hybridized carbons (Fsp3) is 0.455. The van der Waals surface area contributed by atoms with Crippen LogP contribution in [0.4, 0.5) is 10.1 Å². The summed E-state index contributed by atoms with van der Waals surface area (Å²) < 4.78 is 16.9. The SMILES string of the molecule is CNC1CCC2=C1CN(c1c(F)cc3c(=O)c(C(=O)O)cn(C(C)(C)C)c3c1Cl)C2. The maximum atomic E-state index is 15.3. The fourth-order valence-electron chi connectivity index (χ4n) is 4.65. The van der Waals surface area contributed by atoms with E-state index < -0.39 is 28.3 Å². The third kappa shape index (κ3) is 3.11. The number of pyridine rings is 1. The Kier molecular flexibility index (Phi) is 4.94. The first-order valence-electron chi connectivity index (χ1n) is 9.98. The lowest BCUT2D eigenvalue weighted by Gasteiger charge is -2.29. The number of aromatic carboxylic acids is 1. The highest BCUT2D eigenvalue weighted by Crippen LogP contribution is 2.42. The van der Waals surface area contributed by atoms with Crippen molar-refractivity contribution in [1.82, 2.24) is 9.88 Å². The molecule has 30 heavy (non-hydrogen) atoms. The van der Waals surface area contributed by atoms with Crippen LogP contribution in [0.3, 0.4) is 0 Å². The zero-order valence-electron chi connectivity index (χ0n) is 17.5.